The van der Waals surface area contributed by atoms with Crippen molar-refractivity contribution in [2.45, 2.75) is 31.5 Å². The van der Waals surface area contributed by atoms with Crippen molar-refractivity contribution in [3.8, 4) is 5.75 Å². The van der Waals surface area contributed by atoms with Crippen LogP contribution >= 0.6 is 0 Å². The average Bonchev–Trinajstić information content (AvgIpc) is 2.72. The van der Waals surface area contributed by atoms with Gasteiger partial charge < -0.3 is 15.0 Å². The van der Waals surface area contributed by atoms with Crippen LogP contribution in [0.15, 0.2) is 48.5 Å². The molecule has 1 heterocycles. The summed E-state index contributed by atoms with van der Waals surface area (Å²) in [5, 5.41) is 2.62. The number of nitrogens with zero attached hydrogens (tertiary/aromatic N) is 1. The first-order chi connectivity index (χ1) is 13.4. The number of hydrogen-bond donors (Lipinski definition) is 1. The van der Waals surface area contributed by atoms with Gasteiger partial charge in [0.2, 0.25) is 0 Å². The summed E-state index contributed by atoms with van der Waals surface area (Å²) in [4.78, 5) is 14.1. The van der Waals surface area contributed by atoms with Crippen molar-refractivity contribution in [3.63, 3.8) is 0 Å². The third-order valence-corrected chi connectivity index (χ3v) is 5.11. The smallest absolute Gasteiger partial charge is 0.416 e. The van der Waals surface area contributed by atoms with Crippen molar-refractivity contribution in [1.82, 2.24) is 10.2 Å². The monoisotopic (exact) mass is 392 g/mol. The largest absolute Gasteiger partial charge is 0.497 e. The number of alkyl halides is 3. The van der Waals surface area contributed by atoms with E-state index in [2.05, 4.69) is 17.4 Å². The Balaban J connectivity index is 1.58. The van der Waals surface area contributed by atoms with E-state index in [-0.39, 0.29) is 23.9 Å². The van der Waals surface area contributed by atoms with Gasteiger partial charge in [0, 0.05) is 19.6 Å². The zero-order valence-corrected chi connectivity index (χ0v) is 15.6. The van der Waals surface area contributed by atoms with Crippen molar-refractivity contribution in [3.05, 3.63) is 65.2 Å². The molecule has 1 saturated heterocycles. The Kier molecular flexibility index (Phi) is 6.11. The molecule has 2 amide bonds. The van der Waals surface area contributed by atoms with E-state index in [0.717, 1.165) is 18.9 Å². The second kappa shape index (κ2) is 8.54. The Hall–Kier alpha value is -2.70. The van der Waals surface area contributed by atoms with E-state index in [0.29, 0.717) is 19.0 Å². The molecule has 1 aliphatic heterocycles. The van der Waals surface area contributed by atoms with Crippen molar-refractivity contribution in [2.24, 2.45) is 0 Å². The van der Waals surface area contributed by atoms with Gasteiger partial charge in [0.1, 0.15) is 5.75 Å². The van der Waals surface area contributed by atoms with Crippen molar-refractivity contribution in [2.75, 3.05) is 20.2 Å². The Bertz CT molecular complexity index is 801. The Morgan fingerprint density at radius 1 is 1.14 bits per heavy atom. The molecule has 0 unspecified atom stereocenters. The predicted molar refractivity (Wildman–Crippen MR) is 100 cm³/mol. The molecule has 1 fully saturated rings. The van der Waals surface area contributed by atoms with E-state index in [9.17, 15) is 18.0 Å². The number of rotatable bonds is 4. The van der Waals surface area contributed by atoms with Gasteiger partial charge in [-0.05, 0) is 42.0 Å². The van der Waals surface area contributed by atoms with Crippen LogP contribution in [0.25, 0.3) is 0 Å². The molecule has 2 aromatic rings. The molecule has 0 aliphatic carbocycles. The molecular weight excluding hydrogens is 369 g/mol. The highest BCUT2D eigenvalue weighted by Gasteiger charge is 2.34. The summed E-state index contributed by atoms with van der Waals surface area (Å²) in [6.45, 7) is 0.983. The lowest BCUT2D eigenvalue weighted by atomic mass is 9.90. The molecule has 1 N–H and O–H groups in total. The summed E-state index contributed by atoms with van der Waals surface area (Å²) in [6, 6.07) is 13.6. The minimum absolute atomic E-state index is 0.0146. The maximum Gasteiger partial charge on any atom is 0.416 e. The molecule has 7 heteroatoms. The summed E-state index contributed by atoms with van der Waals surface area (Å²) in [5.41, 5.74) is 0.478. The molecule has 0 aromatic heterocycles. The zero-order chi connectivity index (χ0) is 20.1. The van der Waals surface area contributed by atoms with Crippen LogP contribution in [0.2, 0.25) is 0 Å². The number of piperidine rings is 1. The lowest BCUT2D eigenvalue weighted by molar-refractivity contribution is -0.138. The van der Waals surface area contributed by atoms with Crippen LogP contribution in [0.4, 0.5) is 18.0 Å². The number of halogens is 3. The number of ether oxygens (including phenoxy) is 1. The first-order valence-corrected chi connectivity index (χ1v) is 9.20. The maximum absolute atomic E-state index is 13.3. The highest BCUT2D eigenvalue weighted by Crippen LogP contribution is 2.34. The second-order valence-electron chi connectivity index (χ2n) is 6.85. The van der Waals surface area contributed by atoms with Crippen LogP contribution in [0.1, 0.15) is 35.4 Å². The van der Waals surface area contributed by atoms with Gasteiger partial charge in [0.25, 0.3) is 0 Å². The fourth-order valence-corrected chi connectivity index (χ4v) is 3.52. The number of benzene rings is 2. The Morgan fingerprint density at radius 3 is 2.43 bits per heavy atom. The van der Waals surface area contributed by atoms with Crippen molar-refractivity contribution >= 4 is 6.03 Å². The molecule has 0 radical (unpaired) electrons. The molecule has 2 aromatic carbocycles. The van der Waals surface area contributed by atoms with E-state index in [1.54, 1.807) is 4.90 Å². The molecule has 0 spiro atoms. The SMILES string of the molecule is COc1ccc(CNC(=O)N2CCC(c3ccccc3)CC2)c(C(F)(F)F)c1. The fraction of sp³-hybridized carbons (Fsp3) is 0.381. The third kappa shape index (κ3) is 4.77. The molecular formula is C21H23F3N2O2. The number of methoxy groups -OCH3 is 1. The van der Waals surface area contributed by atoms with Gasteiger partial charge in [0.05, 0.1) is 12.7 Å². The van der Waals surface area contributed by atoms with Crippen molar-refractivity contribution in [1.29, 1.82) is 0 Å². The molecule has 3 rings (SSSR count). The number of hydrogen-bond acceptors (Lipinski definition) is 2. The highest BCUT2D eigenvalue weighted by atomic mass is 19.4. The van der Waals surface area contributed by atoms with Gasteiger partial charge in [-0.15, -0.1) is 0 Å². The van der Waals surface area contributed by atoms with E-state index < -0.39 is 11.7 Å². The summed E-state index contributed by atoms with van der Waals surface area (Å²) < 4.78 is 44.7. The van der Waals surface area contributed by atoms with Gasteiger partial charge in [-0.3, -0.25) is 0 Å². The molecule has 0 atom stereocenters. The Morgan fingerprint density at radius 2 is 1.82 bits per heavy atom. The molecule has 28 heavy (non-hydrogen) atoms. The van der Waals surface area contributed by atoms with Gasteiger partial charge in [0.15, 0.2) is 0 Å². The fourth-order valence-electron chi connectivity index (χ4n) is 3.52. The lowest BCUT2D eigenvalue weighted by Crippen LogP contribution is -2.44. The third-order valence-electron chi connectivity index (χ3n) is 5.11. The summed E-state index contributed by atoms with van der Waals surface area (Å²) >= 11 is 0. The van der Waals surface area contributed by atoms with E-state index in [4.69, 9.17) is 4.74 Å². The zero-order valence-electron chi connectivity index (χ0n) is 15.6. The van der Waals surface area contributed by atoms with Crippen LogP contribution in [0.3, 0.4) is 0 Å². The number of urea groups is 1. The number of carbonyl (C=O) groups is 1. The molecule has 4 nitrogen and oxygen atoms in total. The molecule has 1 aliphatic rings. The number of amides is 2. The summed E-state index contributed by atoms with van der Waals surface area (Å²) in [5.74, 6) is 0.536. The standard InChI is InChI=1S/C21H23F3N2O2/c1-28-18-8-7-17(19(13-18)21(22,23)24)14-25-20(27)26-11-9-16(10-12-26)15-5-3-2-4-6-15/h2-8,13,16H,9-12,14H2,1H3,(H,25,27). The van der Waals surface area contributed by atoms with Crippen LogP contribution in [-0.4, -0.2) is 31.1 Å². The van der Waals surface area contributed by atoms with Crippen LogP contribution in [0.5, 0.6) is 5.75 Å². The number of nitrogens with one attached hydrogen (secondary N) is 1. The van der Waals surface area contributed by atoms with Crippen LogP contribution in [-0.2, 0) is 12.7 Å². The lowest BCUT2D eigenvalue weighted by Gasteiger charge is -2.32. The average molecular weight is 392 g/mol. The second-order valence-corrected chi connectivity index (χ2v) is 6.85. The predicted octanol–water partition coefficient (Wildman–Crippen LogP) is 4.80. The molecule has 0 saturated carbocycles. The van der Waals surface area contributed by atoms with Crippen LogP contribution < -0.4 is 10.1 Å². The summed E-state index contributed by atoms with van der Waals surface area (Å²) in [7, 11) is 1.32. The topological polar surface area (TPSA) is 41.6 Å². The number of carbonyl (C=O) groups excluding carboxylic acids is 1. The molecule has 150 valence electrons. The van der Waals surface area contributed by atoms with E-state index in [1.165, 1.54) is 24.8 Å². The molecule has 0 bridgehead atoms. The Labute approximate surface area is 162 Å². The first-order valence-electron chi connectivity index (χ1n) is 9.20. The summed E-state index contributed by atoms with van der Waals surface area (Å²) in [6.07, 6.45) is -2.83. The van der Waals surface area contributed by atoms with Crippen molar-refractivity contribution < 1.29 is 22.7 Å². The minimum Gasteiger partial charge on any atom is -0.497 e. The minimum atomic E-state index is -4.51. The quantitative estimate of drug-likeness (QED) is 0.812. The van der Waals surface area contributed by atoms with Gasteiger partial charge in [-0.2, -0.15) is 13.2 Å². The maximum atomic E-state index is 13.3. The first kappa shape index (κ1) is 20.0. The highest BCUT2D eigenvalue weighted by molar-refractivity contribution is 5.74. The van der Waals surface area contributed by atoms with Gasteiger partial charge >= 0.3 is 12.2 Å². The van der Waals surface area contributed by atoms with Gasteiger partial charge in [-0.1, -0.05) is 36.4 Å². The number of likely N-dealkylation sites (tertiary alicyclic amines) is 1. The normalized spacial score (nSPS) is 15.4. The van der Waals surface area contributed by atoms with E-state index >= 15 is 0 Å². The van der Waals surface area contributed by atoms with Gasteiger partial charge in [-0.25, -0.2) is 4.79 Å². The van der Waals surface area contributed by atoms with Crippen LogP contribution in [0, 0.1) is 0 Å². The van der Waals surface area contributed by atoms with E-state index in [1.807, 2.05) is 18.2 Å².